The van der Waals surface area contributed by atoms with Crippen LogP contribution in [0.25, 0.3) is 0 Å². The number of aromatic nitrogens is 1. The molecule has 98 valence electrons. The highest BCUT2D eigenvalue weighted by molar-refractivity contribution is 5.76. The second kappa shape index (κ2) is 6.44. The van der Waals surface area contributed by atoms with E-state index in [0.29, 0.717) is 19.5 Å². The van der Waals surface area contributed by atoms with Crippen LogP contribution in [0.2, 0.25) is 0 Å². The molecule has 0 unspecified atom stereocenters. The van der Waals surface area contributed by atoms with E-state index in [0.717, 1.165) is 31.5 Å². The summed E-state index contributed by atoms with van der Waals surface area (Å²) in [6.07, 6.45) is 5.55. The van der Waals surface area contributed by atoms with Crippen molar-refractivity contribution in [2.45, 2.75) is 25.8 Å². The van der Waals surface area contributed by atoms with Gasteiger partial charge in [-0.3, -0.25) is 9.78 Å². The van der Waals surface area contributed by atoms with Gasteiger partial charge in [0, 0.05) is 38.8 Å². The zero-order valence-electron chi connectivity index (χ0n) is 10.4. The highest BCUT2D eigenvalue weighted by Crippen LogP contribution is 2.08. The zero-order chi connectivity index (χ0) is 12.8. The molecule has 0 aromatic carbocycles. The molecular weight excluding hydrogens is 233 g/mol. The number of carbonyl (C=O) groups is 1. The average Bonchev–Trinajstić information content (AvgIpc) is 2.88. The number of amides is 1. The smallest absolute Gasteiger partial charge is 0.223 e. The Hall–Kier alpha value is -1.49. The number of nitrogens with one attached hydrogen (secondary N) is 1. The van der Waals surface area contributed by atoms with Gasteiger partial charge >= 0.3 is 0 Å². The number of hydrogen-bond acceptors (Lipinski definition) is 3. The summed E-state index contributed by atoms with van der Waals surface area (Å²) >= 11 is 0. The van der Waals surface area contributed by atoms with Crippen LogP contribution in [0, 0.1) is 5.82 Å². The fourth-order valence-electron chi connectivity index (χ4n) is 2.11. The lowest BCUT2D eigenvalue weighted by molar-refractivity contribution is -0.130. The van der Waals surface area contributed by atoms with Gasteiger partial charge in [0.25, 0.3) is 0 Å². The van der Waals surface area contributed by atoms with Crippen molar-refractivity contribution in [2.24, 2.45) is 0 Å². The molecule has 0 spiro atoms. The van der Waals surface area contributed by atoms with Gasteiger partial charge in [-0.2, -0.15) is 0 Å². The van der Waals surface area contributed by atoms with Crippen LogP contribution in [0.5, 0.6) is 0 Å². The minimum atomic E-state index is -0.331. The minimum absolute atomic E-state index is 0.206. The Kier molecular flexibility index (Phi) is 4.64. The molecule has 2 rings (SSSR count). The summed E-state index contributed by atoms with van der Waals surface area (Å²) in [6, 6.07) is 1.45. The summed E-state index contributed by atoms with van der Waals surface area (Å²) in [5.74, 6) is -0.125. The first kappa shape index (κ1) is 13.0. The number of nitrogens with zero attached hydrogens (tertiary/aromatic N) is 2. The van der Waals surface area contributed by atoms with Gasteiger partial charge in [-0.1, -0.05) is 0 Å². The topological polar surface area (TPSA) is 45.2 Å². The Balaban J connectivity index is 1.65. The summed E-state index contributed by atoms with van der Waals surface area (Å²) < 4.78 is 12.9. The number of pyridine rings is 1. The molecular formula is C13H18FN3O. The molecule has 0 atom stereocenters. The third-order valence-corrected chi connectivity index (χ3v) is 3.07. The third kappa shape index (κ3) is 3.77. The molecule has 1 aromatic heterocycles. The normalized spacial score (nSPS) is 15.1. The van der Waals surface area contributed by atoms with Crippen molar-refractivity contribution in [3.63, 3.8) is 0 Å². The molecule has 0 saturated carbocycles. The Labute approximate surface area is 106 Å². The monoisotopic (exact) mass is 251 g/mol. The molecule has 1 amide bonds. The molecule has 0 aliphatic carbocycles. The standard InChI is InChI=1S/C13H18FN3O/c14-12-7-11(9-16-10-12)8-15-4-3-13(18)17-5-1-2-6-17/h7,9-10,15H,1-6,8H2. The molecule has 1 aliphatic heterocycles. The number of likely N-dealkylation sites (tertiary alicyclic amines) is 1. The van der Waals surface area contributed by atoms with Gasteiger partial charge in [-0.25, -0.2) is 4.39 Å². The average molecular weight is 251 g/mol. The Morgan fingerprint density at radius 3 is 2.89 bits per heavy atom. The molecule has 1 N–H and O–H groups in total. The lowest BCUT2D eigenvalue weighted by atomic mass is 10.2. The van der Waals surface area contributed by atoms with Crippen molar-refractivity contribution >= 4 is 5.91 Å². The molecule has 1 aromatic rings. The van der Waals surface area contributed by atoms with Crippen LogP contribution in [-0.4, -0.2) is 35.4 Å². The van der Waals surface area contributed by atoms with Crippen LogP contribution in [0.3, 0.4) is 0 Å². The number of hydrogen-bond donors (Lipinski definition) is 1. The third-order valence-electron chi connectivity index (χ3n) is 3.07. The van der Waals surface area contributed by atoms with E-state index in [1.165, 1.54) is 12.3 Å². The van der Waals surface area contributed by atoms with Crippen LogP contribution in [-0.2, 0) is 11.3 Å². The number of rotatable bonds is 5. The summed E-state index contributed by atoms with van der Waals surface area (Å²) in [5.41, 5.74) is 0.795. The van der Waals surface area contributed by atoms with Gasteiger partial charge < -0.3 is 10.2 Å². The fraction of sp³-hybridized carbons (Fsp3) is 0.538. The van der Waals surface area contributed by atoms with Gasteiger partial charge in [-0.15, -0.1) is 0 Å². The van der Waals surface area contributed by atoms with Crippen LogP contribution >= 0.6 is 0 Å². The highest BCUT2D eigenvalue weighted by atomic mass is 19.1. The molecule has 5 heteroatoms. The first-order valence-electron chi connectivity index (χ1n) is 6.33. The molecule has 0 radical (unpaired) electrons. The van der Waals surface area contributed by atoms with Crippen molar-refractivity contribution in [3.05, 3.63) is 29.8 Å². The van der Waals surface area contributed by atoms with E-state index in [1.54, 1.807) is 6.20 Å². The maximum absolute atomic E-state index is 12.9. The van der Waals surface area contributed by atoms with Gasteiger partial charge in [0.05, 0.1) is 6.20 Å². The molecule has 1 saturated heterocycles. The maximum atomic E-state index is 12.9. The fourth-order valence-corrected chi connectivity index (χ4v) is 2.11. The lowest BCUT2D eigenvalue weighted by Gasteiger charge is -2.15. The van der Waals surface area contributed by atoms with Crippen molar-refractivity contribution < 1.29 is 9.18 Å². The van der Waals surface area contributed by atoms with Crippen LogP contribution < -0.4 is 5.32 Å². The van der Waals surface area contributed by atoms with Crippen LogP contribution in [0.1, 0.15) is 24.8 Å². The van der Waals surface area contributed by atoms with Gasteiger partial charge in [0.1, 0.15) is 5.82 Å². The van der Waals surface area contributed by atoms with E-state index in [1.807, 2.05) is 4.90 Å². The molecule has 4 nitrogen and oxygen atoms in total. The van der Waals surface area contributed by atoms with E-state index in [4.69, 9.17) is 0 Å². The summed E-state index contributed by atoms with van der Waals surface area (Å²) in [5, 5.41) is 3.13. The van der Waals surface area contributed by atoms with Crippen molar-refractivity contribution in [3.8, 4) is 0 Å². The van der Waals surface area contributed by atoms with Crippen molar-refractivity contribution in [2.75, 3.05) is 19.6 Å². The summed E-state index contributed by atoms with van der Waals surface area (Å²) in [7, 11) is 0. The van der Waals surface area contributed by atoms with Crippen LogP contribution in [0.15, 0.2) is 18.5 Å². The molecule has 18 heavy (non-hydrogen) atoms. The van der Waals surface area contributed by atoms with E-state index < -0.39 is 0 Å². The molecule has 2 heterocycles. The second-order valence-electron chi connectivity index (χ2n) is 4.53. The minimum Gasteiger partial charge on any atom is -0.343 e. The Bertz CT molecular complexity index is 405. The maximum Gasteiger partial charge on any atom is 0.223 e. The van der Waals surface area contributed by atoms with Crippen LogP contribution in [0.4, 0.5) is 4.39 Å². The number of halogens is 1. The molecule has 1 fully saturated rings. The van der Waals surface area contributed by atoms with Crippen molar-refractivity contribution in [1.82, 2.24) is 15.2 Å². The summed E-state index contributed by atoms with van der Waals surface area (Å²) in [4.78, 5) is 17.4. The lowest BCUT2D eigenvalue weighted by Crippen LogP contribution is -2.30. The first-order chi connectivity index (χ1) is 8.75. The predicted molar refractivity (Wildman–Crippen MR) is 66.3 cm³/mol. The van der Waals surface area contributed by atoms with E-state index in [-0.39, 0.29) is 11.7 Å². The van der Waals surface area contributed by atoms with E-state index in [2.05, 4.69) is 10.3 Å². The quantitative estimate of drug-likeness (QED) is 0.803. The largest absolute Gasteiger partial charge is 0.343 e. The highest BCUT2D eigenvalue weighted by Gasteiger charge is 2.16. The zero-order valence-corrected chi connectivity index (χ0v) is 10.4. The first-order valence-corrected chi connectivity index (χ1v) is 6.33. The van der Waals surface area contributed by atoms with Gasteiger partial charge in [-0.05, 0) is 24.5 Å². The van der Waals surface area contributed by atoms with E-state index in [9.17, 15) is 9.18 Å². The second-order valence-corrected chi connectivity index (χ2v) is 4.53. The van der Waals surface area contributed by atoms with E-state index >= 15 is 0 Å². The predicted octanol–water partition coefficient (Wildman–Crippen LogP) is 1.32. The van der Waals surface area contributed by atoms with Crippen molar-refractivity contribution in [1.29, 1.82) is 0 Å². The van der Waals surface area contributed by atoms with Gasteiger partial charge in [0.15, 0.2) is 0 Å². The number of carbonyl (C=O) groups excluding carboxylic acids is 1. The molecule has 0 bridgehead atoms. The SMILES string of the molecule is O=C(CCNCc1cncc(F)c1)N1CCCC1. The Morgan fingerprint density at radius 2 is 2.17 bits per heavy atom. The summed E-state index contributed by atoms with van der Waals surface area (Å²) in [6.45, 7) is 2.95. The molecule has 1 aliphatic rings. The Morgan fingerprint density at radius 1 is 1.39 bits per heavy atom. The van der Waals surface area contributed by atoms with Gasteiger partial charge in [0.2, 0.25) is 5.91 Å².